The van der Waals surface area contributed by atoms with Crippen LogP contribution >= 0.6 is 0 Å². The fraction of sp³-hybridized carbons (Fsp3) is 0.688. The maximum atomic E-state index is 10.2. The second-order valence-electron chi connectivity index (χ2n) is 7.10. The molecule has 0 saturated carbocycles. The number of fused-ring (bicyclic) bond motifs is 1. The highest BCUT2D eigenvalue weighted by Crippen LogP contribution is 2.33. The van der Waals surface area contributed by atoms with Crippen molar-refractivity contribution in [1.82, 2.24) is 34.3 Å². The fourth-order valence-electron chi connectivity index (χ4n) is 3.89. The average Bonchev–Trinajstić information content (AvgIpc) is 3.17. The van der Waals surface area contributed by atoms with Crippen LogP contribution in [0, 0.1) is 6.92 Å². The molecule has 0 amide bonds. The number of nitrogens with zero attached hydrogens (tertiary/aromatic N) is 7. The van der Waals surface area contributed by atoms with Crippen molar-refractivity contribution in [2.75, 3.05) is 20.1 Å². The number of hydrogen-bond donors (Lipinski definition) is 1. The highest BCUT2D eigenvalue weighted by molar-refractivity contribution is 5.12. The zero-order chi connectivity index (χ0) is 16.8. The number of aliphatic hydroxyl groups excluding tert-OH is 1. The summed E-state index contributed by atoms with van der Waals surface area (Å²) in [7, 11) is 4.08. The van der Waals surface area contributed by atoms with E-state index in [9.17, 15) is 5.11 Å². The molecule has 0 aromatic carbocycles. The van der Waals surface area contributed by atoms with Gasteiger partial charge in [-0.3, -0.25) is 14.5 Å². The summed E-state index contributed by atoms with van der Waals surface area (Å²) in [5, 5.41) is 23.5. The van der Waals surface area contributed by atoms with Crippen molar-refractivity contribution < 1.29 is 5.11 Å². The molecule has 24 heavy (non-hydrogen) atoms. The van der Waals surface area contributed by atoms with Crippen molar-refractivity contribution in [2.45, 2.75) is 45.1 Å². The quantitative estimate of drug-likeness (QED) is 0.858. The van der Waals surface area contributed by atoms with Crippen molar-refractivity contribution in [2.24, 2.45) is 7.05 Å². The topological polar surface area (TPSA) is 75.2 Å². The Morgan fingerprint density at radius 1 is 1.25 bits per heavy atom. The summed E-state index contributed by atoms with van der Waals surface area (Å²) < 4.78 is 4.16. The molecule has 8 heteroatoms. The van der Waals surface area contributed by atoms with Crippen LogP contribution < -0.4 is 0 Å². The predicted molar refractivity (Wildman–Crippen MR) is 88.1 cm³/mol. The van der Waals surface area contributed by atoms with Crippen LogP contribution in [-0.2, 0) is 26.7 Å². The third-order valence-corrected chi connectivity index (χ3v) is 5.12. The SMILES string of the molecule is Cc1cc(CN2C[C@@H](O)C[C@H]2c2nnc3n2CCN(C)C3)n(C)n1. The van der Waals surface area contributed by atoms with Crippen LogP contribution in [0.15, 0.2) is 6.07 Å². The zero-order valence-electron chi connectivity index (χ0n) is 14.6. The summed E-state index contributed by atoms with van der Waals surface area (Å²) >= 11 is 0. The van der Waals surface area contributed by atoms with Crippen LogP contribution in [0.4, 0.5) is 0 Å². The molecule has 4 rings (SSSR count). The van der Waals surface area contributed by atoms with Crippen molar-refractivity contribution in [3.8, 4) is 0 Å². The molecule has 8 nitrogen and oxygen atoms in total. The first kappa shape index (κ1) is 15.7. The number of aliphatic hydroxyl groups is 1. The number of hydrogen-bond acceptors (Lipinski definition) is 6. The van der Waals surface area contributed by atoms with Gasteiger partial charge in [-0.1, -0.05) is 0 Å². The molecule has 0 unspecified atom stereocenters. The second-order valence-corrected chi connectivity index (χ2v) is 7.10. The number of rotatable bonds is 3. The van der Waals surface area contributed by atoms with Crippen LogP contribution in [0.25, 0.3) is 0 Å². The van der Waals surface area contributed by atoms with Gasteiger partial charge in [0.25, 0.3) is 0 Å². The Bertz CT molecular complexity index is 737. The van der Waals surface area contributed by atoms with E-state index in [1.807, 2.05) is 18.7 Å². The monoisotopic (exact) mass is 331 g/mol. The predicted octanol–water partition coefficient (Wildman–Crippen LogP) is 0.0733. The van der Waals surface area contributed by atoms with Gasteiger partial charge in [-0.2, -0.15) is 5.10 Å². The van der Waals surface area contributed by atoms with Crippen LogP contribution in [0.5, 0.6) is 0 Å². The maximum absolute atomic E-state index is 10.2. The van der Waals surface area contributed by atoms with Crippen molar-refractivity contribution in [3.05, 3.63) is 29.1 Å². The molecule has 130 valence electrons. The lowest BCUT2D eigenvalue weighted by molar-refractivity contribution is 0.170. The normalized spacial score (nSPS) is 25.3. The van der Waals surface area contributed by atoms with E-state index in [1.54, 1.807) is 0 Å². The Kier molecular flexibility index (Phi) is 3.90. The third kappa shape index (κ3) is 2.74. The van der Waals surface area contributed by atoms with Gasteiger partial charge in [0, 0.05) is 33.2 Å². The highest BCUT2D eigenvalue weighted by Gasteiger charge is 2.36. The Morgan fingerprint density at radius 3 is 2.83 bits per heavy atom. The molecule has 2 aromatic rings. The molecular weight excluding hydrogens is 306 g/mol. The summed E-state index contributed by atoms with van der Waals surface area (Å²) in [6.07, 6.45) is 0.397. The lowest BCUT2D eigenvalue weighted by Crippen LogP contribution is -2.33. The van der Waals surface area contributed by atoms with Gasteiger partial charge < -0.3 is 9.67 Å². The maximum Gasteiger partial charge on any atom is 0.150 e. The van der Waals surface area contributed by atoms with Gasteiger partial charge in [0.2, 0.25) is 0 Å². The van der Waals surface area contributed by atoms with Gasteiger partial charge in [0.05, 0.1) is 30.1 Å². The van der Waals surface area contributed by atoms with Crippen LogP contribution in [0.2, 0.25) is 0 Å². The fourth-order valence-corrected chi connectivity index (χ4v) is 3.89. The first-order valence-electron chi connectivity index (χ1n) is 8.53. The molecule has 2 aliphatic heterocycles. The smallest absolute Gasteiger partial charge is 0.150 e. The molecule has 2 aliphatic rings. The van der Waals surface area contributed by atoms with Crippen molar-refractivity contribution in [3.63, 3.8) is 0 Å². The number of likely N-dealkylation sites (N-methyl/N-ethyl adjacent to an activating group) is 1. The van der Waals surface area contributed by atoms with E-state index >= 15 is 0 Å². The molecule has 0 spiro atoms. The minimum absolute atomic E-state index is 0.111. The largest absolute Gasteiger partial charge is 0.392 e. The number of likely N-dealkylation sites (tertiary alicyclic amines) is 1. The molecule has 2 atom stereocenters. The van der Waals surface area contributed by atoms with Crippen LogP contribution in [-0.4, -0.2) is 65.7 Å². The minimum atomic E-state index is -0.316. The Hall–Kier alpha value is -1.77. The second kappa shape index (κ2) is 5.94. The summed E-state index contributed by atoms with van der Waals surface area (Å²) in [5.74, 6) is 2.02. The van der Waals surface area contributed by atoms with Crippen LogP contribution in [0.1, 0.15) is 35.5 Å². The number of aryl methyl sites for hydroxylation is 2. The Morgan fingerprint density at radius 2 is 2.08 bits per heavy atom. The molecule has 4 heterocycles. The average molecular weight is 331 g/mol. The highest BCUT2D eigenvalue weighted by atomic mass is 16.3. The molecule has 0 radical (unpaired) electrons. The molecule has 2 aromatic heterocycles. The lowest BCUT2D eigenvalue weighted by atomic mass is 10.1. The molecule has 0 aliphatic carbocycles. The van der Waals surface area contributed by atoms with Crippen molar-refractivity contribution in [1.29, 1.82) is 0 Å². The zero-order valence-corrected chi connectivity index (χ0v) is 14.6. The first-order chi connectivity index (χ1) is 11.5. The molecule has 1 saturated heterocycles. The molecule has 0 bridgehead atoms. The van der Waals surface area contributed by atoms with E-state index < -0.39 is 0 Å². The lowest BCUT2D eigenvalue weighted by Gasteiger charge is -2.27. The molecule has 1 fully saturated rings. The summed E-state index contributed by atoms with van der Waals surface area (Å²) in [6.45, 7) is 6.19. The van der Waals surface area contributed by atoms with Gasteiger partial charge >= 0.3 is 0 Å². The summed E-state index contributed by atoms with van der Waals surface area (Å²) in [5.41, 5.74) is 2.18. The van der Waals surface area contributed by atoms with Crippen LogP contribution in [0.3, 0.4) is 0 Å². The third-order valence-electron chi connectivity index (χ3n) is 5.12. The van der Waals surface area contributed by atoms with Gasteiger partial charge in [-0.15, -0.1) is 10.2 Å². The Balaban J connectivity index is 1.60. The number of β-amino-alcohol motifs (C(OH)–C–C–N with tert-alkyl or cyclic N) is 1. The van der Waals surface area contributed by atoms with Gasteiger partial charge in [-0.25, -0.2) is 0 Å². The van der Waals surface area contributed by atoms with E-state index in [-0.39, 0.29) is 12.1 Å². The van der Waals surface area contributed by atoms with Gasteiger partial charge in [0.1, 0.15) is 5.82 Å². The van der Waals surface area contributed by atoms with E-state index in [0.29, 0.717) is 13.0 Å². The molecular formula is C16H25N7O. The first-order valence-corrected chi connectivity index (χ1v) is 8.53. The van der Waals surface area contributed by atoms with Crippen molar-refractivity contribution >= 4 is 0 Å². The summed E-state index contributed by atoms with van der Waals surface area (Å²) in [4.78, 5) is 4.56. The standard InChI is InChI=1S/C16H25N7O/c1-11-6-12(21(3)19-11)8-22-9-13(24)7-14(22)16-18-17-15-10-20(2)4-5-23(15)16/h6,13-14,24H,4-5,7-10H2,1-3H3/t13-,14-/m0/s1. The van der Waals surface area contributed by atoms with E-state index in [0.717, 1.165) is 49.2 Å². The summed E-state index contributed by atoms with van der Waals surface area (Å²) in [6, 6.07) is 2.22. The van der Waals surface area contributed by atoms with E-state index in [1.165, 1.54) is 0 Å². The Labute approximate surface area is 141 Å². The van der Waals surface area contributed by atoms with E-state index in [4.69, 9.17) is 0 Å². The number of aromatic nitrogens is 5. The molecule has 1 N–H and O–H groups in total. The van der Waals surface area contributed by atoms with Gasteiger partial charge in [0.15, 0.2) is 5.82 Å². The van der Waals surface area contributed by atoms with E-state index in [2.05, 4.69) is 42.8 Å². The van der Waals surface area contributed by atoms with Gasteiger partial charge in [-0.05, 0) is 26.5 Å². The minimum Gasteiger partial charge on any atom is -0.392 e.